The fourth-order valence-corrected chi connectivity index (χ4v) is 5.18. The van der Waals surface area contributed by atoms with E-state index in [9.17, 15) is 0 Å². The second kappa shape index (κ2) is 8.93. The van der Waals surface area contributed by atoms with Gasteiger partial charge in [0.05, 0.1) is 24.6 Å². The summed E-state index contributed by atoms with van der Waals surface area (Å²) in [7, 11) is 0. The molecule has 0 bridgehead atoms. The third-order valence-electron chi connectivity index (χ3n) is 6.76. The number of para-hydroxylation sites is 1. The van der Waals surface area contributed by atoms with Crippen LogP contribution in [0.3, 0.4) is 0 Å². The summed E-state index contributed by atoms with van der Waals surface area (Å²) in [5.74, 6) is 1.86. The lowest BCUT2D eigenvalue weighted by atomic mass is 9.79. The third kappa shape index (κ3) is 3.99. The molecule has 0 N–H and O–H groups in total. The molecule has 0 spiro atoms. The summed E-state index contributed by atoms with van der Waals surface area (Å²) in [6, 6.07) is 23.3. The molecule has 3 aromatic carbocycles. The molecule has 0 aliphatic carbocycles. The second-order valence-corrected chi connectivity index (χ2v) is 9.32. The van der Waals surface area contributed by atoms with Crippen molar-refractivity contribution >= 4 is 22.2 Å². The normalized spacial score (nSPS) is 18.2. The van der Waals surface area contributed by atoms with Gasteiger partial charge in [-0.15, -0.1) is 0 Å². The summed E-state index contributed by atoms with van der Waals surface area (Å²) in [5.41, 5.74) is 3.93. The van der Waals surface area contributed by atoms with Crippen LogP contribution in [0.5, 0.6) is 5.75 Å². The lowest BCUT2D eigenvalue weighted by Gasteiger charge is -2.20. The maximum absolute atomic E-state index is 6.12. The van der Waals surface area contributed by atoms with Gasteiger partial charge in [0.1, 0.15) is 25.5 Å². The summed E-state index contributed by atoms with van der Waals surface area (Å²) >= 11 is 0. The highest BCUT2D eigenvalue weighted by molar-refractivity contribution is 6.07. The molecule has 0 unspecified atom stereocenters. The van der Waals surface area contributed by atoms with Crippen molar-refractivity contribution in [2.45, 2.75) is 32.6 Å². The molecule has 2 aliphatic rings. The zero-order valence-corrected chi connectivity index (χ0v) is 19.9. The highest BCUT2D eigenvalue weighted by Crippen LogP contribution is 2.44. The fraction of sp³-hybridized carbons (Fsp3) is 0.345. The Balaban J connectivity index is 1.46. The van der Waals surface area contributed by atoms with Crippen LogP contribution in [0.25, 0.3) is 10.8 Å². The largest absolute Gasteiger partial charge is 0.492 e. The molecule has 4 heteroatoms. The van der Waals surface area contributed by atoms with E-state index in [2.05, 4.69) is 72.7 Å². The number of ether oxygens (including phenoxy) is 2. The number of fused-ring (bicyclic) bond motifs is 3. The Kier molecular flexibility index (Phi) is 5.84. The summed E-state index contributed by atoms with van der Waals surface area (Å²) in [4.78, 5) is 2.30. The van der Waals surface area contributed by atoms with Crippen LogP contribution in [-0.2, 0) is 10.2 Å². The van der Waals surface area contributed by atoms with Gasteiger partial charge >= 0.3 is 0 Å². The molecule has 0 radical (unpaired) electrons. The minimum atomic E-state index is -0.115. The zero-order valence-electron chi connectivity index (χ0n) is 19.9. The lowest BCUT2D eigenvalue weighted by molar-refractivity contribution is -0.437. The van der Waals surface area contributed by atoms with Crippen molar-refractivity contribution in [1.82, 2.24) is 4.90 Å². The molecule has 4 nitrogen and oxygen atoms in total. The van der Waals surface area contributed by atoms with E-state index >= 15 is 0 Å². The van der Waals surface area contributed by atoms with Gasteiger partial charge in [-0.25, -0.2) is 0 Å². The molecule has 1 saturated heterocycles. The van der Waals surface area contributed by atoms with Crippen molar-refractivity contribution in [1.29, 1.82) is 0 Å². The first-order chi connectivity index (χ1) is 16.1. The van der Waals surface area contributed by atoms with Crippen LogP contribution in [0.1, 0.15) is 32.8 Å². The average Bonchev–Trinajstić information content (AvgIpc) is 3.36. The van der Waals surface area contributed by atoms with Crippen LogP contribution in [0.4, 0.5) is 5.69 Å². The van der Waals surface area contributed by atoms with Crippen molar-refractivity contribution in [2.75, 3.05) is 32.8 Å². The van der Waals surface area contributed by atoms with Gasteiger partial charge in [0.25, 0.3) is 0 Å². The third-order valence-corrected chi connectivity index (χ3v) is 6.76. The van der Waals surface area contributed by atoms with Crippen LogP contribution in [0, 0.1) is 0 Å². The van der Waals surface area contributed by atoms with E-state index in [1.807, 2.05) is 30.3 Å². The smallest absolute Gasteiger partial charge is 0.210 e. The molecule has 3 aromatic rings. The van der Waals surface area contributed by atoms with E-state index in [4.69, 9.17) is 9.47 Å². The number of allylic oxidation sites excluding steroid dienone is 1. The van der Waals surface area contributed by atoms with Crippen LogP contribution in [0.2, 0.25) is 0 Å². The molecule has 0 saturated carbocycles. The van der Waals surface area contributed by atoms with Gasteiger partial charge in [-0.2, -0.15) is 4.58 Å². The summed E-state index contributed by atoms with van der Waals surface area (Å²) in [6.07, 6.45) is 3.37. The molecule has 2 heterocycles. The Hall–Kier alpha value is -3.27. The Morgan fingerprint density at radius 1 is 1.03 bits per heavy atom. The molecular weight excluding hydrogens is 408 g/mol. The van der Waals surface area contributed by atoms with Crippen molar-refractivity contribution in [3.63, 3.8) is 0 Å². The van der Waals surface area contributed by atoms with E-state index in [0.717, 1.165) is 37.7 Å². The topological polar surface area (TPSA) is 24.7 Å². The van der Waals surface area contributed by atoms with Crippen LogP contribution in [0.15, 0.2) is 78.7 Å². The summed E-state index contributed by atoms with van der Waals surface area (Å²) in [6.45, 7) is 11.0. The molecule has 170 valence electrons. The molecular formula is C29H33N2O2+. The number of rotatable bonds is 7. The van der Waals surface area contributed by atoms with Gasteiger partial charge in [0.15, 0.2) is 11.6 Å². The van der Waals surface area contributed by atoms with E-state index in [0.29, 0.717) is 13.2 Å². The molecule has 0 amide bonds. The van der Waals surface area contributed by atoms with Crippen LogP contribution < -0.4 is 4.74 Å². The zero-order chi connectivity index (χ0) is 22.8. The monoisotopic (exact) mass is 441 g/mol. The van der Waals surface area contributed by atoms with Gasteiger partial charge in [0.2, 0.25) is 5.69 Å². The van der Waals surface area contributed by atoms with Crippen LogP contribution >= 0.6 is 0 Å². The van der Waals surface area contributed by atoms with Gasteiger partial charge in [-0.1, -0.05) is 49.4 Å². The highest BCUT2D eigenvalue weighted by atomic mass is 16.5. The fourth-order valence-electron chi connectivity index (χ4n) is 5.18. The van der Waals surface area contributed by atoms with Gasteiger partial charge in [0, 0.05) is 18.1 Å². The Labute approximate surface area is 196 Å². The predicted molar refractivity (Wildman–Crippen MR) is 135 cm³/mol. The highest BCUT2D eigenvalue weighted by Gasteiger charge is 2.46. The maximum atomic E-state index is 6.12. The number of hydrogen-bond donors (Lipinski definition) is 0. The van der Waals surface area contributed by atoms with Gasteiger partial charge in [-0.05, 0) is 42.8 Å². The number of hydrogen-bond acceptors (Lipinski definition) is 3. The first-order valence-corrected chi connectivity index (χ1v) is 12.0. The Morgan fingerprint density at radius 3 is 2.64 bits per heavy atom. The first kappa shape index (κ1) is 21.6. The summed E-state index contributed by atoms with van der Waals surface area (Å²) in [5, 5.41) is 2.64. The second-order valence-electron chi connectivity index (χ2n) is 9.32. The Bertz CT molecular complexity index is 1210. The summed E-state index contributed by atoms with van der Waals surface area (Å²) < 4.78 is 14.6. The Morgan fingerprint density at radius 2 is 1.82 bits per heavy atom. The first-order valence-electron chi connectivity index (χ1n) is 12.0. The lowest BCUT2D eigenvalue weighted by Crippen LogP contribution is -2.31. The van der Waals surface area contributed by atoms with Crippen LogP contribution in [-0.4, -0.2) is 48.0 Å². The van der Waals surface area contributed by atoms with Gasteiger partial charge < -0.3 is 14.4 Å². The number of nitrogens with zero attached hydrogens (tertiary/aromatic N) is 2. The van der Waals surface area contributed by atoms with E-state index in [-0.39, 0.29) is 5.41 Å². The predicted octanol–water partition coefficient (Wildman–Crippen LogP) is 5.88. The molecule has 1 fully saturated rings. The van der Waals surface area contributed by atoms with Crippen molar-refractivity contribution < 1.29 is 14.0 Å². The van der Waals surface area contributed by atoms with Gasteiger partial charge in [-0.3, -0.25) is 0 Å². The van der Waals surface area contributed by atoms with E-state index in [1.165, 1.54) is 27.7 Å². The average molecular weight is 442 g/mol. The standard InChI is InChI=1S/C29H33N2O2/c1-4-16-31-25-15-14-22-10-8-9-13-24(22)28(25)29(2,3)26(31)21-27-30(18-20-33-27)17-19-32-23-11-6-5-7-12-23/h5-15,21H,4,16-20H2,1-3H3/q+1. The quantitative estimate of drug-likeness (QED) is 0.428. The molecule has 0 aromatic heterocycles. The molecule has 0 atom stereocenters. The van der Waals surface area contributed by atoms with Crippen molar-refractivity contribution in [2.24, 2.45) is 0 Å². The molecule has 5 rings (SSSR count). The van der Waals surface area contributed by atoms with E-state index in [1.54, 1.807) is 0 Å². The maximum Gasteiger partial charge on any atom is 0.210 e. The molecule has 2 aliphatic heterocycles. The van der Waals surface area contributed by atoms with Crippen molar-refractivity contribution in [3.8, 4) is 5.75 Å². The molecule has 33 heavy (non-hydrogen) atoms. The SMILES string of the molecule is CCC[N+]1=C(/C=C2\OCCN2CCOc2ccccc2)C(C)(C)c2c1ccc1ccccc21. The minimum Gasteiger partial charge on any atom is -0.492 e. The van der Waals surface area contributed by atoms with Crippen molar-refractivity contribution in [3.05, 3.63) is 84.3 Å². The minimum absolute atomic E-state index is 0.115. The van der Waals surface area contributed by atoms with E-state index < -0.39 is 0 Å². The number of benzene rings is 3.